The summed E-state index contributed by atoms with van der Waals surface area (Å²) in [6, 6.07) is 25.8. The molecule has 0 saturated carbocycles. The van der Waals surface area contributed by atoms with E-state index in [1.807, 2.05) is 42.7 Å². The van der Waals surface area contributed by atoms with E-state index < -0.39 is 24.0 Å². The summed E-state index contributed by atoms with van der Waals surface area (Å²) in [6.07, 6.45) is 4.50. The van der Waals surface area contributed by atoms with E-state index in [0.717, 1.165) is 56.1 Å². The van der Waals surface area contributed by atoms with Gasteiger partial charge in [-0.1, -0.05) is 55.5 Å². The summed E-state index contributed by atoms with van der Waals surface area (Å²) in [7, 11) is 3.34. The van der Waals surface area contributed by atoms with E-state index in [-0.39, 0.29) is 55.0 Å². The van der Waals surface area contributed by atoms with E-state index in [2.05, 4.69) is 40.7 Å². The first-order valence-electron chi connectivity index (χ1n) is 22.1. The molecule has 0 aliphatic heterocycles. The number of carbonyl (C=O) groups is 1. The van der Waals surface area contributed by atoms with Crippen LogP contribution in [0.25, 0.3) is 10.8 Å². The van der Waals surface area contributed by atoms with Crippen molar-refractivity contribution in [3.8, 4) is 28.7 Å². The molecule has 5 aromatic carbocycles. The average molecular weight is 874 g/mol. The lowest BCUT2D eigenvalue weighted by atomic mass is 9.80. The standard InChI is InChI=1S/C52H63N3O9/c1-5-36-10-11-37-7-6-8-38(16-18-56)51(37)44(36)26-45-39(12-14-47(60)52(45)63-4)24-41(19-34-15-17-54-30-34)48(61)27-49(62)43(40-20-35(29-53-3)21-42(58)25-40)22-33-9-13-46(59)50(23-33)64-31-55-28-32(2)57/h6-15,17,20-21,23,25,30,32,41,43,48,53-61H,5,16,18-19,22,24,26-29,31H2,1-4H3/t32-,41-,43+,48+/m0/s1. The van der Waals surface area contributed by atoms with Gasteiger partial charge in [0, 0.05) is 56.4 Å². The van der Waals surface area contributed by atoms with E-state index in [1.54, 1.807) is 44.3 Å². The summed E-state index contributed by atoms with van der Waals surface area (Å²) in [5.41, 5.74) is 7.93. The van der Waals surface area contributed by atoms with Crippen LogP contribution in [0.1, 0.15) is 76.3 Å². The van der Waals surface area contributed by atoms with Gasteiger partial charge in [-0.2, -0.15) is 0 Å². The van der Waals surface area contributed by atoms with Crippen molar-refractivity contribution in [3.05, 3.63) is 147 Å². The minimum Gasteiger partial charge on any atom is -0.508 e. The summed E-state index contributed by atoms with van der Waals surface area (Å²) >= 11 is 0. The number of aromatic amines is 1. The number of aliphatic hydroxyl groups excluding tert-OH is 3. The number of rotatable bonds is 24. The highest BCUT2D eigenvalue weighted by Gasteiger charge is 2.30. The van der Waals surface area contributed by atoms with Gasteiger partial charge >= 0.3 is 0 Å². The van der Waals surface area contributed by atoms with Crippen molar-refractivity contribution in [1.29, 1.82) is 0 Å². The average Bonchev–Trinajstić information content (AvgIpc) is 3.79. The number of phenols is 3. The fourth-order valence-corrected chi connectivity index (χ4v) is 8.87. The fraction of sp³-hybridized carbons (Fsp3) is 0.365. The molecule has 4 atom stereocenters. The van der Waals surface area contributed by atoms with E-state index in [4.69, 9.17) is 9.47 Å². The van der Waals surface area contributed by atoms with E-state index in [9.17, 15) is 35.4 Å². The molecule has 0 spiro atoms. The lowest BCUT2D eigenvalue weighted by Gasteiger charge is -2.27. The largest absolute Gasteiger partial charge is 0.508 e. The van der Waals surface area contributed by atoms with Crippen molar-refractivity contribution in [2.24, 2.45) is 5.92 Å². The number of aromatic nitrogens is 1. The van der Waals surface area contributed by atoms with E-state index >= 15 is 0 Å². The topological polar surface area (TPSA) is 197 Å². The Morgan fingerprint density at radius 3 is 2.34 bits per heavy atom. The zero-order valence-corrected chi connectivity index (χ0v) is 37.2. The summed E-state index contributed by atoms with van der Waals surface area (Å²) in [5.74, 6) is -0.984. The predicted octanol–water partition coefficient (Wildman–Crippen LogP) is 6.76. The molecule has 1 aromatic heterocycles. The molecule has 0 aliphatic carbocycles. The Hall–Kier alpha value is -5.89. The molecule has 1 heterocycles. The van der Waals surface area contributed by atoms with Crippen LogP contribution in [0.4, 0.5) is 0 Å². The Kier molecular flexibility index (Phi) is 16.8. The normalized spacial score (nSPS) is 13.4. The number of nitrogens with one attached hydrogen (secondary N) is 3. The van der Waals surface area contributed by atoms with Crippen LogP contribution in [0, 0.1) is 5.92 Å². The number of methoxy groups -OCH3 is 1. The monoisotopic (exact) mass is 873 g/mol. The summed E-state index contributed by atoms with van der Waals surface area (Å²) in [5, 5.41) is 72.9. The number of Topliss-reactive ketones (excluding diaryl/α,β-unsaturated/α-hetero) is 1. The number of benzene rings is 5. The van der Waals surface area contributed by atoms with Gasteiger partial charge in [0.05, 0.1) is 19.3 Å². The van der Waals surface area contributed by atoms with Crippen LogP contribution in [-0.4, -0.2) is 87.7 Å². The number of hydrogen-bond donors (Lipinski definition) is 9. The third-order valence-electron chi connectivity index (χ3n) is 12.0. The zero-order chi connectivity index (χ0) is 45.8. The van der Waals surface area contributed by atoms with Gasteiger partial charge in [-0.3, -0.25) is 10.1 Å². The van der Waals surface area contributed by atoms with Crippen molar-refractivity contribution in [2.75, 3.05) is 34.0 Å². The molecule has 0 saturated heterocycles. The third-order valence-corrected chi connectivity index (χ3v) is 12.0. The number of ether oxygens (including phenoxy) is 2. The van der Waals surface area contributed by atoms with Crippen LogP contribution in [0.3, 0.4) is 0 Å². The molecule has 12 heteroatoms. The first kappa shape index (κ1) is 47.6. The Balaban J connectivity index is 1.36. The minimum atomic E-state index is -1.11. The molecule has 0 aliphatic rings. The number of H-pyrrole nitrogens is 1. The lowest BCUT2D eigenvalue weighted by Crippen LogP contribution is -2.30. The number of carbonyl (C=O) groups excluding carboxylic acids is 1. The molecule has 0 radical (unpaired) electrons. The van der Waals surface area contributed by atoms with E-state index in [1.165, 1.54) is 13.2 Å². The summed E-state index contributed by atoms with van der Waals surface area (Å²) in [6.45, 7) is 4.57. The quantitative estimate of drug-likeness (QED) is 0.0230. The molecule has 0 bridgehead atoms. The van der Waals surface area contributed by atoms with Crippen molar-refractivity contribution in [2.45, 2.75) is 83.5 Å². The number of aliphatic hydroxyl groups is 3. The molecule has 6 aromatic rings. The zero-order valence-electron chi connectivity index (χ0n) is 37.2. The Morgan fingerprint density at radius 2 is 1.62 bits per heavy atom. The predicted molar refractivity (Wildman–Crippen MR) is 250 cm³/mol. The maximum atomic E-state index is 14.8. The molecule has 0 fully saturated rings. The Morgan fingerprint density at radius 1 is 0.828 bits per heavy atom. The molecule has 0 amide bonds. The van der Waals surface area contributed by atoms with Gasteiger partial charge < -0.3 is 50.4 Å². The number of ketones is 1. The fourth-order valence-electron chi connectivity index (χ4n) is 8.87. The smallest absolute Gasteiger partial charge is 0.164 e. The maximum Gasteiger partial charge on any atom is 0.164 e. The molecule has 12 nitrogen and oxygen atoms in total. The highest BCUT2D eigenvalue weighted by atomic mass is 16.5. The minimum absolute atomic E-state index is 0.00145. The highest BCUT2D eigenvalue weighted by Crippen LogP contribution is 2.40. The van der Waals surface area contributed by atoms with Crippen LogP contribution in [0.15, 0.2) is 97.3 Å². The van der Waals surface area contributed by atoms with Crippen molar-refractivity contribution in [3.63, 3.8) is 0 Å². The van der Waals surface area contributed by atoms with Crippen LogP contribution in [-0.2, 0) is 49.9 Å². The summed E-state index contributed by atoms with van der Waals surface area (Å²) < 4.78 is 11.7. The van der Waals surface area contributed by atoms with Crippen molar-refractivity contribution in [1.82, 2.24) is 15.6 Å². The van der Waals surface area contributed by atoms with Gasteiger partial charge in [0.25, 0.3) is 0 Å². The molecule has 340 valence electrons. The second-order valence-corrected chi connectivity index (χ2v) is 16.7. The SMILES string of the molecule is CCc1ccc2cccc(CCO)c2c1Cc1c(C[C@H](Cc2cc[nH]c2)[C@H](O)CC(=O)[C@H](Cc2ccc(O)c(OCNC[C@H](C)O)c2)c2cc(O)cc(CNC)c2)ccc(O)c1OC. The van der Waals surface area contributed by atoms with Crippen LogP contribution < -0.4 is 20.1 Å². The van der Waals surface area contributed by atoms with Crippen LogP contribution in [0.5, 0.6) is 28.7 Å². The van der Waals surface area contributed by atoms with Crippen LogP contribution in [0.2, 0.25) is 0 Å². The number of aromatic hydroxyl groups is 3. The Labute approximate surface area is 375 Å². The maximum absolute atomic E-state index is 14.8. The van der Waals surface area contributed by atoms with Gasteiger partial charge in [0.2, 0.25) is 0 Å². The Bertz CT molecular complexity index is 2470. The lowest BCUT2D eigenvalue weighted by molar-refractivity contribution is -0.123. The summed E-state index contributed by atoms with van der Waals surface area (Å²) in [4.78, 5) is 17.9. The molecule has 9 N–H and O–H groups in total. The number of fused-ring (bicyclic) bond motifs is 1. The van der Waals surface area contributed by atoms with Gasteiger partial charge in [-0.05, 0) is 144 Å². The van der Waals surface area contributed by atoms with Crippen LogP contribution >= 0.6 is 0 Å². The van der Waals surface area contributed by atoms with E-state index in [0.29, 0.717) is 55.6 Å². The van der Waals surface area contributed by atoms with Crippen molar-refractivity contribution >= 4 is 16.6 Å². The van der Waals surface area contributed by atoms with Gasteiger partial charge in [-0.15, -0.1) is 0 Å². The molecular formula is C52H63N3O9. The molecule has 6 rings (SSSR count). The second-order valence-electron chi connectivity index (χ2n) is 16.7. The molecular weight excluding hydrogens is 811 g/mol. The van der Waals surface area contributed by atoms with Gasteiger partial charge in [0.1, 0.15) is 18.3 Å². The van der Waals surface area contributed by atoms with Gasteiger partial charge in [0.15, 0.2) is 23.0 Å². The number of hydrogen-bond acceptors (Lipinski definition) is 11. The van der Waals surface area contributed by atoms with Crippen molar-refractivity contribution < 1.29 is 44.9 Å². The molecule has 64 heavy (non-hydrogen) atoms. The number of aryl methyl sites for hydroxylation is 1. The number of phenolic OH excluding ortho intramolecular Hbond substituents is 3. The second kappa shape index (κ2) is 22.6. The van der Waals surface area contributed by atoms with Gasteiger partial charge in [-0.25, -0.2) is 0 Å². The molecule has 0 unspecified atom stereocenters. The first-order valence-corrected chi connectivity index (χ1v) is 22.1. The third kappa shape index (κ3) is 12.0. The highest BCUT2D eigenvalue weighted by molar-refractivity contribution is 5.90. The first-order chi connectivity index (χ1) is 30.9.